The molecule has 0 amide bonds. The lowest BCUT2D eigenvalue weighted by Crippen LogP contribution is -1.72. The quantitative estimate of drug-likeness (QED) is 0.418. The fraction of sp³-hybridized carbons (Fsp3) is 0.500. The predicted octanol–water partition coefficient (Wildman–Crippen LogP) is 2.67. The Morgan fingerprint density at radius 1 is 0.750 bits per heavy atom. The van der Waals surface area contributed by atoms with Gasteiger partial charge in [0.25, 0.3) is 0 Å². The van der Waals surface area contributed by atoms with Crippen molar-refractivity contribution in [1.82, 2.24) is 0 Å². The van der Waals surface area contributed by atoms with E-state index in [1.54, 1.807) is 0 Å². The van der Waals surface area contributed by atoms with E-state index in [0.29, 0.717) is 0 Å². The van der Waals surface area contributed by atoms with Crippen molar-refractivity contribution in [1.29, 1.82) is 0 Å². The third-order valence-electron chi connectivity index (χ3n) is 1.35. The van der Waals surface area contributed by atoms with Gasteiger partial charge in [-0.25, -0.2) is 0 Å². The van der Waals surface area contributed by atoms with Crippen LogP contribution in [0.3, 0.4) is 0 Å². The maximum atomic E-state index is 2.27. The maximum Gasteiger partial charge on any atom is -0.0169 e. The highest BCUT2D eigenvalue weighted by atomic mass is 13.9. The van der Waals surface area contributed by atoms with E-state index < -0.39 is 0 Å². The van der Waals surface area contributed by atoms with Crippen molar-refractivity contribution in [3.8, 4) is 0 Å². The third-order valence-corrected chi connectivity index (χ3v) is 1.35. The van der Waals surface area contributed by atoms with Gasteiger partial charge in [-0.15, -0.1) is 0 Å². The zero-order valence-electron chi connectivity index (χ0n) is 5.14. The summed E-state index contributed by atoms with van der Waals surface area (Å²) in [7, 11) is 0. The molecule has 44 valence electrons. The fourth-order valence-electron chi connectivity index (χ4n) is 0.860. The van der Waals surface area contributed by atoms with Crippen LogP contribution in [0.15, 0.2) is 24.3 Å². The van der Waals surface area contributed by atoms with Crippen molar-refractivity contribution in [2.45, 2.75) is 25.7 Å². The van der Waals surface area contributed by atoms with Crippen LogP contribution in [0.25, 0.3) is 0 Å². The van der Waals surface area contributed by atoms with E-state index in [2.05, 4.69) is 24.3 Å². The van der Waals surface area contributed by atoms with Crippen molar-refractivity contribution in [2.75, 3.05) is 0 Å². The maximum absolute atomic E-state index is 2.27. The van der Waals surface area contributed by atoms with E-state index in [0.717, 1.165) is 6.42 Å². The first-order valence-electron chi connectivity index (χ1n) is 3.30. The highest BCUT2D eigenvalue weighted by Gasteiger charge is 1.82. The second kappa shape index (κ2) is 3.48. The summed E-state index contributed by atoms with van der Waals surface area (Å²) in [4.78, 5) is 0. The number of hydrogen-bond donors (Lipinski definition) is 0. The van der Waals surface area contributed by atoms with Gasteiger partial charge in [-0.2, -0.15) is 0 Å². The summed E-state index contributed by atoms with van der Waals surface area (Å²) in [6, 6.07) is 0. The Bertz CT molecular complexity index is 86.6. The first-order valence-corrected chi connectivity index (χ1v) is 3.30. The van der Waals surface area contributed by atoms with Gasteiger partial charge in [-0.3, -0.25) is 0 Å². The van der Waals surface area contributed by atoms with Gasteiger partial charge in [0.2, 0.25) is 0 Å². The topological polar surface area (TPSA) is 0 Å². The van der Waals surface area contributed by atoms with E-state index >= 15 is 0 Å². The van der Waals surface area contributed by atoms with Gasteiger partial charge >= 0.3 is 0 Å². The van der Waals surface area contributed by atoms with Crippen LogP contribution in [-0.2, 0) is 0 Å². The van der Waals surface area contributed by atoms with Crippen LogP contribution in [0, 0.1) is 0 Å². The summed E-state index contributed by atoms with van der Waals surface area (Å²) < 4.78 is 0. The van der Waals surface area contributed by atoms with Crippen molar-refractivity contribution in [3.05, 3.63) is 24.3 Å². The number of hydrogen-bond acceptors (Lipinski definition) is 0. The molecule has 1 aliphatic carbocycles. The van der Waals surface area contributed by atoms with Crippen LogP contribution in [0.4, 0.5) is 0 Å². The van der Waals surface area contributed by atoms with E-state index in [1.807, 2.05) is 0 Å². The minimum atomic E-state index is 1.14. The van der Waals surface area contributed by atoms with E-state index in [-0.39, 0.29) is 0 Å². The molecule has 0 bridgehead atoms. The van der Waals surface area contributed by atoms with Crippen molar-refractivity contribution in [2.24, 2.45) is 0 Å². The highest BCUT2D eigenvalue weighted by Crippen LogP contribution is 2.02. The molecule has 1 aliphatic rings. The second-order valence-corrected chi connectivity index (χ2v) is 2.11. The Hall–Kier alpha value is -0.520. The predicted molar refractivity (Wildman–Crippen MR) is 36.7 cm³/mol. The first-order chi connectivity index (χ1) is 4.00. The zero-order valence-corrected chi connectivity index (χ0v) is 5.14. The molecule has 0 fully saturated rings. The molecule has 0 aliphatic heterocycles. The molecule has 0 aromatic heterocycles. The molecule has 0 radical (unpaired) electrons. The molecule has 0 aromatic carbocycles. The summed E-state index contributed by atoms with van der Waals surface area (Å²) in [5, 5.41) is 0. The van der Waals surface area contributed by atoms with Crippen LogP contribution in [-0.4, -0.2) is 0 Å². The standard InChI is InChI=1S/C8H12/c1-2-4-6-8-7-5-3-1/h1-2,5,7H,3-4,6,8H2. The molecule has 8 heavy (non-hydrogen) atoms. The monoisotopic (exact) mass is 108 g/mol. The largest absolute Gasteiger partial charge is 0.0882 e. The molecule has 0 heteroatoms. The van der Waals surface area contributed by atoms with E-state index in [9.17, 15) is 0 Å². The summed E-state index contributed by atoms with van der Waals surface area (Å²) >= 11 is 0. The van der Waals surface area contributed by atoms with Gasteiger partial charge in [-0.05, 0) is 25.7 Å². The Kier molecular flexibility index (Phi) is 2.44. The molecule has 1 rings (SSSR count). The molecule has 0 heterocycles. The van der Waals surface area contributed by atoms with Crippen molar-refractivity contribution >= 4 is 0 Å². The molecule has 0 N–H and O–H groups in total. The van der Waals surface area contributed by atoms with Gasteiger partial charge in [0.05, 0.1) is 0 Å². The zero-order chi connectivity index (χ0) is 5.66. The number of allylic oxidation sites excluding steroid dienone is 4. The Morgan fingerprint density at radius 2 is 1.38 bits per heavy atom. The third kappa shape index (κ3) is 1.97. The van der Waals surface area contributed by atoms with Gasteiger partial charge in [0.15, 0.2) is 0 Å². The van der Waals surface area contributed by atoms with Gasteiger partial charge < -0.3 is 0 Å². The summed E-state index contributed by atoms with van der Waals surface area (Å²) in [6.45, 7) is 0. The molecule has 0 nitrogen and oxygen atoms in total. The normalized spacial score (nSPS) is 20.0. The molecular formula is C8H12. The lowest BCUT2D eigenvalue weighted by Gasteiger charge is -1.93. The molecule has 0 saturated heterocycles. The molecule has 0 aromatic rings. The van der Waals surface area contributed by atoms with E-state index in [4.69, 9.17) is 0 Å². The average Bonchev–Trinajstić information content (AvgIpc) is 1.62. The Morgan fingerprint density at radius 3 is 2.00 bits per heavy atom. The van der Waals surface area contributed by atoms with Gasteiger partial charge in [0, 0.05) is 0 Å². The van der Waals surface area contributed by atoms with Crippen molar-refractivity contribution in [3.63, 3.8) is 0 Å². The minimum absolute atomic E-state index is 1.14. The molecule has 0 saturated carbocycles. The fourth-order valence-corrected chi connectivity index (χ4v) is 0.860. The van der Waals surface area contributed by atoms with E-state index in [1.165, 1.54) is 19.3 Å². The molecule has 0 spiro atoms. The molecule has 0 atom stereocenters. The highest BCUT2D eigenvalue weighted by molar-refractivity contribution is 4.95. The van der Waals surface area contributed by atoms with Crippen LogP contribution in [0.5, 0.6) is 0 Å². The number of rotatable bonds is 0. The molecular weight excluding hydrogens is 96.1 g/mol. The van der Waals surface area contributed by atoms with Gasteiger partial charge in [0.1, 0.15) is 0 Å². The first kappa shape index (κ1) is 5.61. The Labute approximate surface area is 50.9 Å². The Balaban J connectivity index is 2.31. The average molecular weight is 108 g/mol. The second-order valence-electron chi connectivity index (χ2n) is 2.11. The van der Waals surface area contributed by atoms with Crippen LogP contribution >= 0.6 is 0 Å². The lowest BCUT2D eigenvalue weighted by molar-refractivity contribution is 0.857. The SMILES string of the molecule is C1=CCCCC=CC1. The van der Waals surface area contributed by atoms with Crippen molar-refractivity contribution < 1.29 is 0 Å². The summed E-state index contributed by atoms with van der Waals surface area (Å²) in [5.41, 5.74) is 0. The molecule has 0 unspecified atom stereocenters. The lowest BCUT2D eigenvalue weighted by atomic mass is 10.1. The van der Waals surface area contributed by atoms with Crippen LogP contribution < -0.4 is 0 Å². The summed E-state index contributed by atoms with van der Waals surface area (Å²) in [6.07, 6.45) is 14.0. The van der Waals surface area contributed by atoms with Crippen LogP contribution in [0.2, 0.25) is 0 Å². The minimum Gasteiger partial charge on any atom is -0.0882 e. The summed E-state index contributed by atoms with van der Waals surface area (Å²) in [5.74, 6) is 0. The smallest absolute Gasteiger partial charge is 0.0169 e. The van der Waals surface area contributed by atoms with Crippen LogP contribution in [0.1, 0.15) is 25.7 Å². The van der Waals surface area contributed by atoms with Gasteiger partial charge in [-0.1, -0.05) is 24.3 Å².